The van der Waals surface area contributed by atoms with Crippen molar-refractivity contribution in [3.63, 3.8) is 0 Å². The Hall–Kier alpha value is -3.19. The fraction of sp³-hybridized carbons (Fsp3) is 0.190. The van der Waals surface area contributed by atoms with Crippen LogP contribution in [0.15, 0.2) is 62.9 Å². The maximum atomic E-state index is 12.8. The maximum Gasteiger partial charge on any atom is 0.286 e. The summed E-state index contributed by atoms with van der Waals surface area (Å²) in [6.07, 6.45) is 2.07. The molecule has 0 radical (unpaired) electrons. The van der Waals surface area contributed by atoms with Crippen LogP contribution in [0.25, 0.3) is 21.2 Å². The van der Waals surface area contributed by atoms with Crippen LogP contribution in [0, 0.1) is 0 Å². The van der Waals surface area contributed by atoms with Crippen molar-refractivity contribution < 1.29 is 13.9 Å². The van der Waals surface area contributed by atoms with E-state index >= 15 is 0 Å². The van der Waals surface area contributed by atoms with Gasteiger partial charge in [0.15, 0.2) is 4.80 Å². The lowest BCUT2D eigenvalue weighted by molar-refractivity contribution is 0.0995. The number of methoxy groups -OCH3 is 1. The van der Waals surface area contributed by atoms with Gasteiger partial charge < -0.3 is 13.7 Å². The second-order valence-electron chi connectivity index (χ2n) is 6.26. The molecular formula is C21H18N2O4S. The smallest absolute Gasteiger partial charge is 0.286 e. The normalized spacial score (nSPS) is 12.0. The van der Waals surface area contributed by atoms with Gasteiger partial charge >= 0.3 is 0 Å². The van der Waals surface area contributed by atoms with E-state index in [2.05, 4.69) is 11.9 Å². The first-order chi connectivity index (χ1) is 13.6. The van der Waals surface area contributed by atoms with Crippen LogP contribution in [-0.4, -0.2) is 17.6 Å². The minimum Gasteiger partial charge on any atom is -0.497 e. The van der Waals surface area contributed by atoms with Crippen molar-refractivity contribution in [2.24, 2.45) is 4.99 Å². The van der Waals surface area contributed by atoms with Crippen LogP contribution in [-0.2, 0) is 6.54 Å². The van der Waals surface area contributed by atoms with Gasteiger partial charge in [-0.05, 0) is 30.7 Å². The standard InChI is InChI=1S/C21H18N2O4S/c1-3-10-23-16-11-13(26-2)8-9-18(16)28-21(23)22-20(25)15-12-27-17-7-5-4-6-14(17)19(15)24/h4-9,11-12H,3,10H2,1-2H3. The van der Waals surface area contributed by atoms with E-state index in [0.29, 0.717) is 22.3 Å². The zero-order valence-corrected chi connectivity index (χ0v) is 16.3. The third-order valence-corrected chi connectivity index (χ3v) is 5.50. The van der Waals surface area contributed by atoms with Gasteiger partial charge in [-0.3, -0.25) is 9.59 Å². The highest BCUT2D eigenvalue weighted by atomic mass is 32.1. The number of benzene rings is 2. The van der Waals surface area contributed by atoms with Gasteiger partial charge in [0.05, 0.1) is 22.7 Å². The molecule has 1 amide bonds. The Morgan fingerprint density at radius 1 is 1.25 bits per heavy atom. The quantitative estimate of drug-likeness (QED) is 0.525. The van der Waals surface area contributed by atoms with Crippen molar-refractivity contribution in [2.45, 2.75) is 19.9 Å². The number of hydrogen-bond acceptors (Lipinski definition) is 5. The van der Waals surface area contributed by atoms with Crippen LogP contribution in [0.3, 0.4) is 0 Å². The summed E-state index contributed by atoms with van der Waals surface area (Å²) < 4.78 is 13.7. The summed E-state index contributed by atoms with van der Waals surface area (Å²) >= 11 is 1.40. The molecule has 0 atom stereocenters. The number of aromatic nitrogens is 1. The monoisotopic (exact) mass is 394 g/mol. The maximum absolute atomic E-state index is 12.8. The van der Waals surface area contributed by atoms with Crippen molar-refractivity contribution in [3.8, 4) is 5.75 Å². The number of aryl methyl sites for hydroxylation is 1. The van der Waals surface area contributed by atoms with Crippen molar-refractivity contribution >= 4 is 38.4 Å². The van der Waals surface area contributed by atoms with Gasteiger partial charge in [-0.25, -0.2) is 0 Å². The number of fused-ring (bicyclic) bond motifs is 2. The zero-order valence-electron chi connectivity index (χ0n) is 15.5. The van der Waals surface area contributed by atoms with Crippen molar-refractivity contribution in [2.75, 3.05) is 7.11 Å². The van der Waals surface area contributed by atoms with Crippen LogP contribution in [0.4, 0.5) is 0 Å². The van der Waals surface area contributed by atoms with Crippen LogP contribution < -0.4 is 15.0 Å². The van der Waals surface area contributed by atoms with Crippen LogP contribution in [0.5, 0.6) is 5.75 Å². The summed E-state index contributed by atoms with van der Waals surface area (Å²) in [6, 6.07) is 12.6. The third-order valence-electron chi connectivity index (χ3n) is 4.44. The Kier molecular flexibility index (Phi) is 4.83. The molecule has 7 heteroatoms. The highest BCUT2D eigenvalue weighted by molar-refractivity contribution is 7.16. The summed E-state index contributed by atoms with van der Waals surface area (Å²) in [6.45, 7) is 2.76. The summed E-state index contributed by atoms with van der Waals surface area (Å²) in [4.78, 5) is 30.2. The number of nitrogens with zero attached hydrogens (tertiary/aromatic N) is 2. The molecule has 0 aliphatic rings. The number of carbonyl (C=O) groups excluding carboxylic acids is 1. The number of rotatable bonds is 4. The van der Waals surface area contributed by atoms with Crippen LogP contribution in [0.1, 0.15) is 23.7 Å². The summed E-state index contributed by atoms with van der Waals surface area (Å²) in [5, 5.41) is 0.367. The highest BCUT2D eigenvalue weighted by Gasteiger charge is 2.15. The SMILES string of the molecule is CCCn1c(=NC(=O)c2coc3ccccc3c2=O)sc2ccc(OC)cc21. The predicted molar refractivity (Wildman–Crippen MR) is 109 cm³/mol. The lowest BCUT2D eigenvalue weighted by Gasteiger charge is -2.04. The van der Waals surface area contributed by atoms with E-state index < -0.39 is 5.91 Å². The molecular weight excluding hydrogens is 376 g/mol. The molecule has 28 heavy (non-hydrogen) atoms. The molecule has 0 bridgehead atoms. The van der Waals surface area contributed by atoms with E-state index in [1.54, 1.807) is 31.4 Å². The largest absolute Gasteiger partial charge is 0.497 e. The van der Waals surface area contributed by atoms with E-state index in [4.69, 9.17) is 9.15 Å². The number of para-hydroxylation sites is 1. The van der Waals surface area contributed by atoms with Crippen molar-refractivity contribution in [3.05, 3.63) is 69.3 Å². The van der Waals surface area contributed by atoms with Gasteiger partial charge in [0, 0.05) is 12.6 Å². The van der Waals surface area contributed by atoms with Gasteiger partial charge in [-0.1, -0.05) is 30.4 Å². The zero-order chi connectivity index (χ0) is 19.7. The van der Waals surface area contributed by atoms with Crippen LogP contribution in [0.2, 0.25) is 0 Å². The van der Waals surface area contributed by atoms with Gasteiger partial charge in [0.2, 0.25) is 5.43 Å². The van der Waals surface area contributed by atoms with E-state index in [0.717, 1.165) is 22.4 Å². The molecule has 0 N–H and O–H groups in total. The average Bonchev–Trinajstić information content (AvgIpc) is 3.05. The third kappa shape index (κ3) is 3.14. The molecule has 0 aliphatic carbocycles. The fourth-order valence-electron chi connectivity index (χ4n) is 3.07. The molecule has 0 fully saturated rings. The molecule has 0 unspecified atom stereocenters. The topological polar surface area (TPSA) is 73.8 Å². The first-order valence-electron chi connectivity index (χ1n) is 8.89. The Bertz CT molecular complexity index is 1310. The first kappa shape index (κ1) is 18.2. The molecule has 0 spiro atoms. The molecule has 2 aromatic carbocycles. The van der Waals surface area contributed by atoms with Crippen molar-refractivity contribution in [1.82, 2.24) is 4.57 Å². The minimum absolute atomic E-state index is 0.0724. The molecule has 4 rings (SSSR count). The first-order valence-corrected chi connectivity index (χ1v) is 9.71. The molecule has 0 aliphatic heterocycles. The Balaban J connectivity index is 1.87. The van der Waals surface area contributed by atoms with Gasteiger partial charge in [0.1, 0.15) is 23.2 Å². The molecule has 0 saturated carbocycles. The van der Waals surface area contributed by atoms with E-state index in [-0.39, 0.29) is 11.0 Å². The predicted octanol–water partition coefficient (Wildman–Crippen LogP) is 3.97. The van der Waals surface area contributed by atoms with Crippen LogP contribution >= 0.6 is 11.3 Å². The molecule has 4 aromatic rings. The number of carbonyl (C=O) groups is 1. The molecule has 0 saturated heterocycles. The molecule has 142 valence electrons. The molecule has 2 aromatic heterocycles. The minimum atomic E-state index is -0.608. The lowest BCUT2D eigenvalue weighted by atomic mass is 10.2. The summed E-state index contributed by atoms with van der Waals surface area (Å²) in [5.74, 6) is 0.131. The van der Waals surface area contributed by atoms with E-state index in [1.165, 1.54) is 17.6 Å². The number of thiazole rings is 1. The van der Waals surface area contributed by atoms with Crippen molar-refractivity contribution in [1.29, 1.82) is 0 Å². The molecule has 6 nitrogen and oxygen atoms in total. The molecule has 2 heterocycles. The second-order valence-corrected chi connectivity index (χ2v) is 7.27. The summed E-state index contributed by atoms with van der Waals surface area (Å²) in [5.41, 5.74) is 0.944. The van der Waals surface area contributed by atoms with E-state index in [9.17, 15) is 9.59 Å². The van der Waals surface area contributed by atoms with E-state index in [1.807, 2.05) is 22.8 Å². The van der Waals surface area contributed by atoms with Gasteiger partial charge in [-0.15, -0.1) is 0 Å². The lowest BCUT2D eigenvalue weighted by Crippen LogP contribution is -2.20. The highest BCUT2D eigenvalue weighted by Crippen LogP contribution is 2.23. The average molecular weight is 394 g/mol. The Morgan fingerprint density at radius 3 is 2.86 bits per heavy atom. The Morgan fingerprint density at radius 2 is 2.07 bits per heavy atom. The summed E-state index contributed by atoms with van der Waals surface area (Å²) in [7, 11) is 1.62. The van der Waals surface area contributed by atoms with Gasteiger partial charge in [0.25, 0.3) is 5.91 Å². The number of ether oxygens (including phenoxy) is 1. The van der Waals surface area contributed by atoms with Gasteiger partial charge in [-0.2, -0.15) is 4.99 Å². The number of hydrogen-bond donors (Lipinski definition) is 0. The second kappa shape index (κ2) is 7.44. The fourth-order valence-corrected chi connectivity index (χ4v) is 4.11. The Labute approximate surface area is 164 Å². The number of amides is 1.